The molecule has 1 unspecified atom stereocenters. The Morgan fingerprint density at radius 2 is 1.51 bits per heavy atom. The Balaban J connectivity index is 1.53. The molecule has 2 aliphatic rings. The van der Waals surface area contributed by atoms with Crippen LogP contribution in [0.4, 0.5) is 5.69 Å². The van der Waals surface area contributed by atoms with Gasteiger partial charge in [-0.05, 0) is 78.4 Å². The highest BCUT2D eigenvalue weighted by Gasteiger charge is 2.36. The third-order valence-corrected chi connectivity index (χ3v) is 6.67. The van der Waals surface area contributed by atoms with E-state index in [0.717, 1.165) is 47.6 Å². The van der Waals surface area contributed by atoms with Gasteiger partial charge < -0.3 is 19.1 Å². The lowest BCUT2D eigenvalue weighted by molar-refractivity contribution is -0.140. The number of benzene rings is 3. The summed E-state index contributed by atoms with van der Waals surface area (Å²) < 4.78 is 16.5. The van der Waals surface area contributed by atoms with Crippen molar-refractivity contribution in [2.75, 3.05) is 19.1 Å². The first kappa shape index (κ1) is 22.8. The number of ether oxygens (including phenoxy) is 3. The highest BCUT2D eigenvalue weighted by Crippen LogP contribution is 2.46. The van der Waals surface area contributed by atoms with Crippen LogP contribution in [0.1, 0.15) is 36.3 Å². The zero-order valence-corrected chi connectivity index (χ0v) is 20.1. The molecule has 178 valence electrons. The van der Waals surface area contributed by atoms with Gasteiger partial charge in [0, 0.05) is 17.3 Å². The molecule has 0 amide bonds. The van der Waals surface area contributed by atoms with E-state index in [0.29, 0.717) is 5.70 Å². The first-order chi connectivity index (χ1) is 17.2. The number of hydrogen-bond donors (Lipinski definition) is 0. The molecule has 0 spiro atoms. The fourth-order valence-electron chi connectivity index (χ4n) is 4.91. The van der Waals surface area contributed by atoms with Crippen molar-refractivity contribution in [1.82, 2.24) is 0 Å². The third-order valence-electron chi connectivity index (χ3n) is 6.67. The number of allylic oxidation sites excluding steroid dienone is 3. The maximum absolute atomic E-state index is 13.5. The van der Waals surface area contributed by atoms with Gasteiger partial charge in [-0.2, -0.15) is 0 Å². The smallest absolute Gasteiger partial charge is 0.355 e. The number of hydrogen-bond acceptors (Lipinski definition) is 5. The summed E-state index contributed by atoms with van der Waals surface area (Å²) in [4.78, 5) is 15.6. The normalized spacial score (nSPS) is 17.0. The van der Waals surface area contributed by atoms with Gasteiger partial charge in [0.25, 0.3) is 0 Å². The van der Waals surface area contributed by atoms with Gasteiger partial charge in [-0.25, -0.2) is 4.79 Å². The second kappa shape index (κ2) is 10.1. The second-order valence-electron chi connectivity index (χ2n) is 8.72. The minimum absolute atomic E-state index is 0.0205. The summed E-state index contributed by atoms with van der Waals surface area (Å²) in [6, 6.07) is 25.7. The van der Waals surface area contributed by atoms with Crippen molar-refractivity contribution in [2.24, 2.45) is 0 Å². The lowest BCUT2D eigenvalue weighted by Crippen LogP contribution is -2.32. The summed E-state index contributed by atoms with van der Waals surface area (Å²) in [5.41, 5.74) is 6.11. The maximum Gasteiger partial charge on any atom is 0.355 e. The van der Waals surface area contributed by atoms with Crippen LogP contribution in [0.25, 0.3) is 0 Å². The Morgan fingerprint density at radius 1 is 0.857 bits per heavy atom. The van der Waals surface area contributed by atoms with Gasteiger partial charge >= 0.3 is 5.97 Å². The van der Waals surface area contributed by atoms with Crippen LogP contribution >= 0.6 is 0 Å². The summed E-state index contributed by atoms with van der Waals surface area (Å²) in [5.74, 6) is 1.28. The first-order valence-electron chi connectivity index (χ1n) is 11.9. The summed E-state index contributed by atoms with van der Waals surface area (Å²) in [7, 11) is 3.32. The van der Waals surface area contributed by atoms with E-state index >= 15 is 0 Å². The van der Waals surface area contributed by atoms with E-state index < -0.39 is 0 Å². The van der Waals surface area contributed by atoms with Gasteiger partial charge in [-0.3, -0.25) is 0 Å². The molecule has 5 heteroatoms. The molecule has 0 radical (unpaired) electrons. The maximum atomic E-state index is 13.5. The molecule has 0 bridgehead atoms. The Bertz CT molecular complexity index is 1240. The number of rotatable bonds is 7. The molecular formula is C30H29NO4. The van der Waals surface area contributed by atoms with Crippen LogP contribution in [0.2, 0.25) is 0 Å². The average molecular weight is 468 g/mol. The molecule has 1 aliphatic carbocycles. The highest BCUT2D eigenvalue weighted by molar-refractivity contribution is 5.95. The molecule has 0 aromatic heterocycles. The molecule has 1 heterocycles. The predicted octanol–water partition coefficient (Wildman–Crippen LogP) is 6.37. The second-order valence-corrected chi connectivity index (χ2v) is 8.72. The van der Waals surface area contributed by atoms with Crippen molar-refractivity contribution in [2.45, 2.75) is 31.8 Å². The van der Waals surface area contributed by atoms with E-state index in [1.54, 1.807) is 14.2 Å². The van der Waals surface area contributed by atoms with Gasteiger partial charge in [0.05, 0.1) is 14.2 Å². The van der Waals surface area contributed by atoms with E-state index in [-0.39, 0.29) is 18.5 Å². The first-order valence-corrected chi connectivity index (χ1v) is 11.9. The topological polar surface area (TPSA) is 48.0 Å². The summed E-state index contributed by atoms with van der Waals surface area (Å²) in [6.07, 6.45) is 5.03. The van der Waals surface area contributed by atoms with Crippen molar-refractivity contribution in [3.63, 3.8) is 0 Å². The Labute approximate surface area is 206 Å². The number of nitrogens with zero attached hydrogens (tertiary/aromatic N) is 1. The number of esters is 1. The van der Waals surface area contributed by atoms with Crippen molar-refractivity contribution in [3.05, 3.63) is 113 Å². The van der Waals surface area contributed by atoms with Crippen molar-refractivity contribution in [3.8, 4) is 11.5 Å². The molecule has 0 saturated heterocycles. The Kier molecular flexibility index (Phi) is 6.57. The summed E-state index contributed by atoms with van der Waals surface area (Å²) >= 11 is 0. The van der Waals surface area contributed by atoms with Crippen LogP contribution < -0.4 is 14.4 Å². The van der Waals surface area contributed by atoms with Crippen LogP contribution in [0.15, 0.2) is 102 Å². The molecule has 3 aromatic rings. The van der Waals surface area contributed by atoms with Gasteiger partial charge in [-0.15, -0.1) is 0 Å². The van der Waals surface area contributed by atoms with Crippen molar-refractivity contribution in [1.29, 1.82) is 0 Å². The largest absolute Gasteiger partial charge is 0.497 e. The number of carbonyl (C=O) groups excluding carboxylic acids is 1. The summed E-state index contributed by atoms with van der Waals surface area (Å²) in [5, 5.41) is 0. The van der Waals surface area contributed by atoms with E-state index in [4.69, 9.17) is 14.2 Å². The lowest BCUT2D eigenvalue weighted by Gasteiger charge is -2.35. The minimum atomic E-state index is -0.332. The van der Waals surface area contributed by atoms with E-state index in [2.05, 4.69) is 23.1 Å². The van der Waals surface area contributed by atoms with Crippen LogP contribution in [0.3, 0.4) is 0 Å². The monoisotopic (exact) mass is 467 g/mol. The van der Waals surface area contributed by atoms with Crippen LogP contribution in [0, 0.1) is 0 Å². The highest BCUT2D eigenvalue weighted by atomic mass is 16.5. The van der Waals surface area contributed by atoms with Gasteiger partial charge in [0.15, 0.2) is 0 Å². The zero-order valence-electron chi connectivity index (χ0n) is 20.1. The number of methoxy groups -OCH3 is 2. The molecule has 35 heavy (non-hydrogen) atoms. The molecule has 0 fully saturated rings. The SMILES string of the molecule is COc1ccc(C2C=C(C(=O)OCc3ccccc3)N(c3ccc(OC)cc3)C3=C2CCC3)cc1. The Morgan fingerprint density at radius 3 is 2.17 bits per heavy atom. The molecular weight excluding hydrogens is 438 g/mol. The van der Waals surface area contributed by atoms with E-state index in [1.165, 1.54) is 11.3 Å². The van der Waals surface area contributed by atoms with Gasteiger partial charge in [-0.1, -0.05) is 42.5 Å². The lowest BCUT2D eigenvalue weighted by atomic mass is 9.86. The minimum Gasteiger partial charge on any atom is -0.497 e. The predicted molar refractivity (Wildman–Crippen MR) is 136 cm³/mol. The fraction of sp³-hybridized carbons (Fsp3) is 0.233. The average Bonchev–Trinajstić information content (AvgIpc) is 3.41. The molecule has 5 rings (SSSR count). The van der Waals surface area contributed by atoms with Crippen LogP contribution in [0.5, 0.6) is 11.5 Å². The standard InChI is InChI=1S/C30H29NO4/c1-33-24-15-11-22(12-16-24)27-19-29(30(32)35-20-21-7-4-3-5-8-21)31(28-10-6-9-26(27)28)23-13-17-25(34-2)18-14-23/h3-5,7-8,11-19,27H,6,9-10,20H2,1-2H3. The molecule has 1 aliphatic heterocycles. The van der Waals surface area contributed by atoms with Crippen molar-refractivity contribution < 1.29 is 19.0 Å². The quantitative estimate of drug-likeness (QED) is 0.378. The zero-order chi connectivity index (χ0) is 24.2. The molecule has 5 nitrogen and oxygen atoms in total. The fourth-order valence-corrected chi connectivity index (χ4v) is 4.91. The van der Waals surface area contributed by atoms with E-state index in [1.807, 2.05) is 66.7 Å². The molecule has 3 aromatic carbocycles. The summed E-state index contributed by atoms with van der Waals surface area (Å²) in [6.45, 7) is 0.229. The number of anilines is 1. The van der Waals surface area contributed by atoms with Gasteiger partial charge in [0.1, 0.15) is 23.8 Å². The molecule has 0 N–H and O–H groups in total. The molecule has 1 atom stereocenters. The van der Waals surface area contributed by atoms with Crippen molar-refractivity contribution >= 4 is 11.7 Å². The third kappa shape index (κ3) is 4.67. The van der Waals surface area contributed by atoms with Gasteiger partial charge in [0.2, 0.25) is 0 Å². The van der Waals surface area contributed by atoms with Crippen LogP contribution in [-0.4, -0.2) is 20.2 Å². The van der Waals surface area contributed by atoms with E-state index in [9.17, 15) is 4.79 Å². The Hall–Kier alpha value is -3.99. The molecule has 0 saturated carbocycles. The van der Waals surface area contributed by atoms with Crippen LogP contribution in [-0.2, 0) is 16.1 Å². The number of carbonyl (C=O) groups is 1.